The summed E-state index contributed by atoms with van der Waals surface area (Å²) in [5, 5.41) is 0. The van der Waals surface area contributed by atoms with Gasteiger partial charge in [0.05, 0.1) is 24.5 Å². The largest absolute Gasteiger partial charge is 0.465 e. The summed E-state index contributed by atoms with van der Waals surface area (Å²) in [4.78, 5) is 2.12. The first-order valence-corrected chi connectivity index (χ1v) is 9.94. The van der Waals surface area contributed by atoms with Crippen LogP contribution >= 0.6 is 0 Å². The maximum absolute atomic E-state index is 7.74. The van der Waals surface area contributed by atoms with Gasteiger partial charge in [-0.05, 0) is 58.3 Å². The highest BCUT2D eigenvalue weighted by Gasteiger charge is 2.33. The molecule has 3 nitrogen and oxygen atoms in total. The van der Waals surface area contributed by atoms with Crippen LogP contribution in [0.5, 0.6) is 0 Å². The van der Waals surface area contributed by atoms with E-state index in [9.17, 15) is 0 Å². The van der Waals surface area contributed by atoms with E-state index in [1.807, 2.05) is 13.8 Å². The zero-order valence-electron chi connectivity index (χ0n) is 17.3. The smallest absolute Gasteiger partial charge is 0.285 e. The molecule has 3 heteroatoms. The average Bonchev–Trinajstić information content (AvgIpc) is 2.58. The molecular formula is C22H37NO2. The maximum Gasteiger partial charge on any atom is 0.285 e. The Bertz CT molecular complexity index is 484. The molecule has 0 aliphatic heterocycles. The highest BCUT2D eigenvalue weighted by molar-refractivity contribution is 5.27. The minimum absolute atomic E-state index is 0.184. The van der Waals surface area contributed by atoms with Crippen LogP contribution in [-0.2, 0) is 9.47 Å². The molecule has 0 spiro atoms. The monoisotopic (exact) mass is 347 g/mol. The second-order valence-electron chi connectivity index (χ2n) is 7.47. The SMILES string of the molecule is [C]=C=C(/C(C)=C(/OCC)O[C@@H]1C[C@H](C)CC[C@H]1C(C)C)N(CC)CC. The van der Waals surface area contributed by atoms with Gasteiger partial charge >= 0.3 is 0 Å². The van der Waals surface area contributed by atoms with Gasteiger partial charge in [-0.15, -0.1) is 0 Å². The van der Waals surface area contributed by atoms with Gasteiger partial charge in [-0.2, -0.15) is 0 Å². The number of likely N-dealkylation sites (N-methyl/N-ethyl adjacent to an activating group) is 1. The summed E-state index contributed by atoms with van der Waals surface area (Å²) < 4.78 is 12.3. The molecule has 142 valence electrons. The van der Waals surface area contributed by atoms with Crippen LogP contribution in [0, 0.1) is 24.3 Å². The van der Waals surface area contributed by atoms with Crippen molar-refractivity contribution < 1.29 is 9.47 Å². The van der Waals surface area contributed by atoms with Crippen molar-refractivity contribution >= 4 is 0 Å². The van der Waals surface area contributed by atoms with Gasteiger partial charge in [-0.1, -0.05) is 32.9 Å². The first-order valence-electron chi connectivity index (χ1n) is 9.94. The van der Waals surface area contributed by atoms with Gasteiger partial charge in [-0.3, -0.25) is 0 Å². The first kappa shape index (κ1) is 21.7. The summed E-state index contributed by atoms with van der Waals surface area (Å²) >= 11 is 0. The lowest BCUT2D eigenvalue weighted by Gasteiger charge is -2.38. The van der Waals surface area contributed by atoms with E-state index in [2.05, 4.69) is 45.2 Å². The van der Waals surface area contributed by atoms with E-state index in [-0.39, 0.29) is 6.10 Å². The Labute approximate surface area is 155 Å². The number of ether oxygens (including phenoxy) is 2. The fourth-order valence-corrected chi connectivity index (χ4v) is 3.80. The Morgan fingerprint density at radius 3 is 2.32 bits per heavy atom. The lowest BCUT2D eigenvalue weighted by atomic mass is 9.75. The molecule has 0 aromatic heterocycles. The molecule has 0 heterocycles. The van der Waals surface area contributed by atoms with Crippen molar-refractivity contribution in [3.05, 3.63) is 29.5 Å². The Balaban J connectivity index is 3.13. The Hall–Kier alpha value is -1.34. The number of allylic oxidation sites excluding steroid dienone is 1. The maximum atomic E-state index is 7.74. The molecular weight excluding hydrogens is 310 g/mol. The summed E-state index contributed by atoms with van der Waals surface area (Å²) in [5.74, 6) is 2.42. The molecule has 25 heavy (non-hydrogen) atoms. The van der Waals surface area contributed by atoms with Crippen molar-refractivity contribution in [3.63, 3.8) is 0 Å². The van der Waals surface area contributed by atoms with Crippen LogP contribution in [-0.4, -0.2) is 30.7 Å². The van der Waals surface area contributed by atoms with Crippen molar-refractivity contribution in [1.29, 1.82) is 0 Å². The van der Waals surface area contributed by atoms with Crippen molar-refractivity contribution in [2.75, 3.05) is 19.7 Å². The van der Waals surface area contributed by atoms with Crippen molar-refractivity contribution in [2.45, 2.75) is 73.8 Å². The highest BCUT2D eigenvalue weighted by Crippen LogP contribution is 2.37. The lowest BCUT2D eigenvalue weighted by Crippen LogP contribution is -2.35. The van der Waals surface area contributed by atoms with Crippen molar-refractivity contribution in [3.8, 4) is 0 Å². The number of hydrogen-bond acceptors (Lipinski definition) is 3. The predicted molar refractivity (Wildman–Crippen MR) is 104 cm³/mol. The molecule has 1 fully saturated rings. The fraction of sp³-hybridized carbons (Fsp3) is 0.773. The summed E-state index contributed by atoms with van der Waals surface area (Å²) in [6.07, 6.45) is 3.75. The van der Waals surface area contributed by atoms with Gasteiger partial charge in [0.25, 0.3) is 5.95 Å². The van der Waals surface area contributed by atoms with E-state index in [4.69, 9.17) is 16.1 Å². The Morgan fingerprint density at radius 1 is 1.20 bits per heavy atom. The topological polar surface area (TPSA) is 21.7 Å². The molecule has 0 aromatic carbocycles. The molecule has 0 aromatic rings. The van der Waals surface area contributed by atoms with Gasteiger partial charge in [0, 0.05) is 13.1 Å². The fourth-order valence-electron chi connectivity index (χ4n) is 3.80. The summed E-state index contributed by atoms with van der Waals surface area (Å²) in [7, 11) is 0. The van der Waals surface area contributed by atoms with Crippen molar-refractivity contribution in [1.82, 2.24) is 4.90 Å². The molecule has 0 amide bonds. The molecule has 0 N–H and O–H groups in total. The van der Waals surface area contributed by atoms with Crippen LogP contribution in [0.25, 0.3) is 0 Å². The van der Waals surface area contributed by atoms with E-state index in [0.717, 1.165) is 30.8 Å². The zero-order valence-corrected chi connectivity index (χ0v) is 17.3. The average molecular weight is 348 g/mol. The predicted octanol–water partition coefficient (Wildman–Crippen LogP) is 5.42. The Kier molecular flexibility index (Phi) is 9.21. The minimum Gasteiger partial charge on any atom is -0.465 e. The quantitative estimate of drug-likeness (QED) is 0.316. The summed E-state index contributed by atoms with van der Waals surface area (Å²) in [6, 6.07) is 0. The van der Waals surface area contributed by atoms with Gasteiger partial charge in [0.2, 0.25) is 0 Å². The standard InChI is InChI=1S/C22H37NO2/c1-9-20(23(10-2)11-3)18(8)22(24-12-4)25-21-15-17(7)13-14-19(21)16(5)6/h16-17,19,21H,10-15H2,2-8H3/b22-18-/t17-,19+,21-/m1/s1. The third kappa shape index (κ3) is 5.85. The zero-order chi connectivity index (χ0) is 19.0. The van der Waals surface area contributed by atoms with E-state index in [1.54, 1.807) is 0 Å². The number of nitrogens with zero attached hydrogens (tertiary/aromatic N) is 1. The van der Waals surface area contributed by atoms with Crippen LogP contribution in [0.2, 0.25) is 0 Å². The van der Waals surface area contributed by atoms with Crippen LogP contribution < -0.4 is 0 Å². The molecule has 0 unspecified atom stereocenters. The first-order chi connectivity index (χ1) is 11.9. The molecule has 3 atom stereocenters. The van der Waals surface area contributed by atoms with E-state index >= 15 is 0 Å². The third-order valence-corrected chi connectivity index (χ3v) is 5.35. The molecule has 1 saturated carbocycles. The van der Waals surface area contributed by atoms with Crippen LogP contribution in [0.4, 0.5) is 0 Å². The second-order valence-corrected chi connectivity index (χ2v) is 7.47. The summed E-state index contributed by atoms with van der Waals surface area (Å²) in [5.41, 5.74) is 4.24. The molecule has 0 saturated heterocycles. The Morgan fingerprint density at radius 2 is 1.84 bits per heavy atom. The van der Waals surface area contributed by atoms with E-state index < -0.39 is 0 Å². The normalized spacial score (nSPS) is 24.4. The summed E-state index contributed by atoms with van der Waals surface area (Å²) in [6.45, 7) is 25.0. The molecule has 1 rings (SSSR count). The van der Waals surface area contributed by atoms with Crippen LogP contribution in [0.3, 0.4) is 0 Å². The molecule has 1 aliphatic rings. The molecule has 0 bridgehead atoms. The third-order valence-electron chi connectivity index (χ3n) is 5.35. The van der Waals surface area contributed by atoms with E-state index in [0.29, 0.717) is 30.3 Å². The number of rotatable bonds is 9. The van der Waals surface area contributed by atoms with E-state index in [1.165, 1.54) is 12.8 Å². The van der Waals surface area contributed by atoms with Gasteiger partial charge in [0.1, 0.15) is 6.10 Å². The second kappa shape index (κ2) is 10.6. The van der Waals surface area contributed by atoms with Crippen molar-refractivity contribution in [2.24, 2.45) is 17.8 Å². The lowest BCUT2D eigenvalue weighted by molar-refractivity contribution is -0.0644. The van der Waals surface area contributed by atoms with Gasteiger partial charge < -0.3 is 14.4 Å². The molecule has 2 radical (unpaired) electrons. The van der Waals surface area contributed by atoms with Crippen LogP contribution in [0.1, 0.15) is 67.7 Å². The molecule has 1 aliphatic carbocycles. The minimum atomic E-state index is 0.184. The van der Waals surface area contributed by atoms with Crippen LogP contribution in [0.15, 0.2) is 22.9 Å². The highest BCUT2D eigenvalue weighted by atomic mass is 16.7. The number of hydrogen-bond donors (Lipinski definition) is 0. The van der Waals surface area contributed by atoms with Gasteiger partial charge in [0.15, 0.2) is 0 Å². The van der Waals surface area contributed by atoms with Gasteiger partial charge in [-0.25, -0.2) is 0 Å².